The molecule has 0 saturated carbocycles. The van der Waals surface area contributed by atoms with Crippen molar-refractivity contribution in [2.75, 3.05) is 6.61 Å². The second-order valence-electron chi connectivity index (χ2n) is 5.84. The third kappa shape index (κ3) is 3.60. The van der Waals surface area contributed by atoms with E-state index in [1.165, 1.54) is 18.2 Å². The van der Waals surface area contributed by atoms with Crippen LogP contribution in [-0.4, -0.2) is 61.7 Å². The fourth-order valence-electron chi connectivity index (χ4n) is 2.67. The Morgan fingerprint density at radius 1 is 1.33 bits per heavy atom. The Labute approximate surface area is 151 Å². The summed E-state index contributed by atoms with van der Waals surface area (Å²) in [7, 11) is 0. The average Bonchev–Trinajstić information content (AvgIpc) is 3.14. The number of amides is 1. The zero-order valence-corrected chi connectivity index (χ0v) is 13.7. The summed E-state index contributed by atoms with van der Waals surface area (Å²) in [6.07, 6.45) is -4.39. The van der Waals surface area contributed by atoms with Gasteiger partial charge in [-0.1, -0.05) is 6.07 Å². The maximum atomic E-state index is 13.1. The van der Waals surface area contributed by atoms with Crippen LogP contribution in [0.3, 0.4) is 0 Å². The number of carbonyl (C=O) groups is 2. The number of nitrogens with zero attached hydrogens (tertiary/aromatic N) is 2. The van der Waals surface area contributed by atoms with E-state index in [0.29, 0.717) is 0 Å². The number of rotatable bonds is 5. The quantitative estimate of drug-likeness (QED) is 0.495. The van der Waals surface area contributed by atoms with Crippen molar-refractivity contribution in [3.63, 3.8) is 0 Å². The highest BCUT2D eigenvalue weighted by Gasteiger charge is 2.45. The molecule has 3 rings (SSSR count). The van der Waals surface area contributed by atoms with Crippen LogP contribution in [0.4, 0.5) is 4.39 Å². The van der Waals surface area contributed by atoms with Gasteiger partial charge in [-0.3, -0.25) is 9.36 Å². The molecule has 2 heterocycles. The SMILES string of the molecule is NC(=O)c1ncn([C@@H]2O[C@H](COC(=O)c3cccc(F)c3)C(O)[C@H]2O)c1O. The largest absolute Gasteiger partial charge is 0.493 e. The predicted octanol–water partition coefficient (Wildman–Crippen LogP) is -0.697. The van der Waals surface area contributed by atoms with Crippen LogP contribution in [0.15, 0.2) is 30.6 Å². The summed E-state index contributed by atoms with van der Waals surface area (Å²) in [5.74, 6) is -3.08. The molecular formula is C16H16FN3O7. The lowest BCUT2D eigenvalue weighted by atomic mass is 10.1. The van der Waals surface area contributed by atoms with E-state index in [9.17, 15) is 29.3 Å². The predicted molar refractivity (Wildman–Crippen MR) is 85.0 cm³/mol. The number of ether oxygens (including phenoxy) is 2. The topological polar surface area (TPSA) is 157 Å². The van der Waals surface area contributed by atoms with Gasteiger partial charge in [0.05, 0.1) is 5.56 Å². The van der Waals surface area contributed by atoms with Gasteiger partial charge in [0.2, 0.25) is 5.88 Å². The number of aromatic nitrogens is 2. The molecule has 4 atom stereocenters. The number of benzene rings is 1. The average molecular weight is 381 g/mol. The van der Waals surface area contributed by atoms with E-state index in [2.05, 4.69) is 4.98 Å². The molecule has 1 aromatic carbocycles. The fraction of sp³-hybridized carbons (Fsp3) is 0.312. The number of aliphatic hydroxyl groups is 2. The van der Waals surface area contributed by atoms with Gasteiger partial charge >= 0.3 is 5.97 Å². The molecule has 1 aliphatic heterocycles. The lowest BCUT2D eigenvalue weighted by Crippen LogP contribution is -2.34. The van der Waals surface area contributed by atoms with Crippen molar-refractivity contribution in [2.45, 2.75) is 24.5 Å². The number of aliphatic hydroxyl groups excluding tert-OH is 2. The third-order valence-electron chi connectivity index (χ3n) is 4.05. The molecule has 0 radical (unpaired) electrons. The van der Waals surface area contributed by atoms with E-state index in [4.69, 9.17) is 15.2 Å². The van der Waals surface area contributed by atoms with E-state index in [-0.39, 0.29) is 5.56 Å². The first-order valence-corrected chi connectivity index (χ1v) is 7.79. The summed E-state index contributed by atoms with van der Waals surface area (Å²) < 4.78 is 24.5. The molecule has 1 aromatic heterocycles. The van der Waals surface area contributed by atoms with E-state index in [0.717, 1.165) is 17.0 Å². The number of carbonyl (C=O) groups excluding carboxylic acids is 2. The summed E-state index contributed by atoms with van der Waals surface area (Å²) in [6.45, 7) is -0.442. The Morgan fingerprint density at radius 3 is 2.70 bits per heavy atom. The lowest BCUT2D eigenvalue weighted by Gasteiger charge is -2.16. The maximum Gasteiger partial charge on any atom is 0.338 e. The van der Waals surface area contributed by atoms with Crippen LogP contribution in [0.1, 0.15) is 27.1 Å². The van der Waals surface area contributed by atoms with Gasteiger partial charge in [-0.25, -0.2) is 14.2 Å². The highest BCUT2D eigenvalue weighted by molar-refractivity contribution is 5.93. The van der Waals surface area contributed by atoms with Crippen molar-refractivity contribution >= 4 is 11.9 Å². The van der Waals surface area contributed by atoms with Crippen molar-refractivity contribution in [2.24, 2.45) is 5.73 Å². The molecule has 1 saturated heterocycles. The minimum absolute atomic E-state index is 0.0297. The van der Waals surface area contributed by atoms with Crippen LogP contribution in [0.5, 0.6) is 5.88 Å². The smallest absolute Gasteiger partial charge is 0.338 e. The molecule has 0 bridgehead atoms. The van der Waals surface area contributed by atoms with Gasteiger partial charge in [0.1, 0.15) is 37.1 Å². The molecule has 1 aliphatic rings. The highest BCUT2D eigenvalue weighted by Crippen LogP contribution is 2.33. The van der Waals surface area contributed by atoms with Crippen LogP contribution < -0.4 is 5.73 Å². The van der Waals surface area contributed by atoms with Crippen LogP contribution >= 0.6 is 0 Å². The van der Waals surface area contributed by atoms with Crippen LogP contribution in [0.2, 0.25) is 0 Å². The van der Waals surface area contributed by atoms with Crippen molar-refractivity contribution in [1.29, 1.82) is 0 Å². The number of aromatic hydroxyl groups is 1. The fourth-order valence-corrected chi connectivity index (χ4v) is 2.67. The van der Waals surface area contributed by atoms with Crippen LogP contribution in [-0.2, 0) is 9.47 Å². The molecular weight excluding hydrogens is 365 g/mol. The second kappa shape index (κ2) is 7.31. The first-order chi connectivity index (χ1) is 12.8. The number of hydrogen-bond acceptors (Lipinski definition) is 8. The molecule has 5 N–H and O–H groups in total. The Kier molecular flexibility index (Phi) is 5.08. The van der Waals surface area contributed by atoms with Crippen molar-refractivity contribution in [3.8, 4) is 5.88 Å². The molecule has 10 nitrogen and oxygen atoms in total. The second-order valence-corrected chi connectivity index (χ2v) is 5.84. The van der Waals surface area contributed by atoms with E-state index < -0.39 is 60.4 Å². The van der Waals surface area contributed by atoms with Crippen molar-refractivity contribution in [3.05, 3.63) is 47.7 Å². The molecule has 1 amide bonds. The number of nitrogens with two attached hydrogens (primary N) is 1. The third-order valence-corrected chi connectivity index (χ3v) is 4.05. The molecule has 1 fully saturated rings. The minimum atomic E-state index is -1.51. The zero-order valence-electron chi connectivity index (χ0n) is 13.7. The standard InChI is InChI=1S/C16H16FN3O7/c17-8-3-1-2-7(4-8)16(25)26-5-9-11(21)12(22)15(27-9)20-6-19-10(13(18)23)14(20)24/h1-4,6,9,11-12,15,21-22,24H,5H2,(H2,18,23)/t9-,11?,12-,15-/m1/s1. The van der Waals surface area contributed by atoms with Crippen LogP contribution in [0.25, 0.3) is 0 Å². The van der Waals surface area contributed by atoms with Crippen molar-refractivity contribution in [1.82, 2.24) is 9.55 Å². The maximum absolute atomic E-state index is 13.1. The Balaban J connectivity index is 1.68. The van der Waals surface area contributed by atoms with Gasteiger partial charge < -0.3 is 30.5 Å². The molecule has 27 heavy (non-hydrogen) atoms. The van der Waals surface area contributed by atoms with Crippen LogP contribution in [0, 0.1) is 5.82 Å². The Bertz CT molecular complexity index is 871. The Hall–Kier alpha value is -3.02. The van der Waals surface area contributed by atoms with Gasteiger partial charge in [0.25, 0.3) is 5.91 Å². The molecule has 11 heteroatoms. The summed E-state index contributed by atoms with van der Waals surface area (Å²) in [4.78, 5) is 26.7. The first-order valence-electron chi connectivity index (χ1n) is 7.79. The van der Waals surface area contributed by atoms with Gasteiger partial charge in [0.15, 0.2) is 11.9 Å². The number of imidazole rings is 1. The van der Waals surface area contributed by atoms with E-state index in [1.807, 2.05) is 0 Å². The van der Waals surface area contributed by atoms with Gasteiger partial charge in [-0.2, -0.15) is 0 Å². The minimum Gasteiger partial charge on any atom is -0.493 e. The molecule has 144 valence electrons. The lowest BCUT2D eigenvalue weighted by molar-refractivity contribution is -0.0601. The van der Waals surface area contributed by atoms with Gasteiger partial charge in [-0.05, 0) is 18.2 Å². The number of esters is 1. The van der Waals surface area contributed by atoms with Gasteiger partial charge in [0, 0.05) is 0 Å². The van der Waals surface area contributed by atoms with E-state index in [1.54, 1.807) is 0 Å². The summed E-state index contributed by atoms with van der Waals surface area (Å²) >= 11 is 0. The van der Waals surface area contributed by atoms with Gasteiger partial charge in [-0.15, -0.1) is 0 Å². The molecule has 1 unspecified atom stereocenters. The number of halogens is 1. The number of hydrogen-bond donors (Lipinski definition) is 4. The summed E-state index contributed by atoms with van der Waals surface area (Å²) in [5.41, 5.74) is 4.59. The molecule has 2 aromatic rings. The monoisotopic (exact) mass is 381 g/mol. The van der Waals surface area contributed by atoms with E-state index >= 15 is 0 Å². The Morgan fingerprint density at radius 2 is 2.07 bits per heavy atom. The zero-order chi connectivity index (χ0) is 19.7. The summed E-state index contributed by atoms with van der Waals surface area (Å²) in [5, 5.41) is 30.2. The molecule has 0 aliphatic carbocycles. The van der Waals surface area contributed by atoms with Crippen molar-refractivity contribution < 1.29 is 38.8 Å². The normalized spacial score (nSPS) is 24.7. The highest BCUT2D eigenvalue weighted by atomic mass is 19.1. The first kappa shape index (κ1) is 18.8. The number of primary amides is 1. The summed E-state index contributed by atoms with van der Waals surface area (Å²) in [6, 6.07) is 4.84. The molecule has 0 spiro atoms.